The summed E-state index contributed by atoms with van der Waals surface area (Å²) in [5, 5.41) is 11.2. The normalized spacial score (nSPS) is 17.8. The fourth-order valence-corrected chi connectivity index (χ4v) is 5.21. The molecule has 1 unspecified atom stereocenters. The van der Waals surface area contributed by atoms with Crippen molar-refractivity contribution in [2.45, 2.75) is 6.04 Å². The first kappa shape index (κ1) is 21.4. The zero-order valence-electron chi connectivity index (χ0n) is 16.6. The standard InChI is InChI=1S/C24H13BrF2N2O3S/c25-14-3-1-2-13(10-14)20-19(21(30)12-4-6-15(26)7-5-12)22(31)23(32)29(20)24-28-17-9-8-16(27)11-18(17)33-24/h1-11,20,30H/b21-19+. The summed E-state index contributed by atoms with van der Waals surface area (Å²) in [4.78, 5) is 31.9. The number of aliphatic hydroxyl groups is 1. The first-order chi connectivity index (χ1) is 15.8. The van der Waals surface area contributed by atoms with Crippen LogP contribution in [0, 0.1) is 11.6 Å². The number of halogens is 3. The van der Waals surface area contributed by atoms with Crippen LogP contribution in [0.15, 0.2) is 76.8 Å². The number of rotatable bonds is 3. The van der Waals surface area contributed by atoms with E-state index in [2.05, 4.69) is 20.9 Å². The number of hydrogen-bond acceptors (Lipinski definition) is 5. The van der Waals surface area contributed by atoms with Crippen LogP contribution in [0.5, 0.6) is 0 Å². The Morgan fingerprint density at radius 1 is 1.00 bits per heavy atom. The van der Waals surface area contributed by atoms with Crippen molar-refractivity contribution in [1.82, 2.24) is 4.98 Å². The molecule has 0 saturated carbocycles. The Bertz CT molecular complexity index is 1470. The third kappa shape index (κ3) is 3.73. The molecule has 5 nitrogen and oxygen atoms in total. The van der Waals surface area contributed by atoms with Crippen LogP contribution in [0.2, 0.25) is 0 Å². The maximum atomic E-state index is 13.7. The molecule has 2 heterocycles. The number of aliphatic hydroxyl groups excluding tert-OH is 1. The minimum atomic E-state index is -0.988. The number of thiazole rings is 1. The van der Waals surface area contributed by atoms with Crippen molar-refractivity contribution in [3.05, 3.63) is 99.5 Å². The lowest BCUT2D eigenvalue weighted by Crippen LogP contribution is -2.29. The quantitative estimate of drug-likeness (QED) is 0.203. The van der Waals surface area contributed by atoms with Crippen molar-refractivity contribution in [1.29, 1.82) is 0 Å². The van der Waals surface area contributed by atoms with E-state index in [9.17, 15) is 23.5 Å². The van der Waals surface area contributed by atoms with Crippen LogP contribution in [0.25, 0.3) is 16.0 Å². The Morgan fingerprint density at radius 2 is 1.73 bits per heavy atom. The first-order valence-electron chi connectivity index (χ1n) is 9.72. The van der Waals surface area contributed by atoms with E-state index >= 15 is 0 Å². The van der Waals surface area contributed by atoms with Crippen molar-refractivity contribution < 1.29 is 23.5 Å². The fraction of sp³-hybridized carbons (Fsp3) is 0.0417. The van der Waals surface area contributed by atoms with Crippen LogP contribution >= 0.6 is 27.3 Å². The molecule has 1 atom stereocenters. The second-order valence-corrected chi connectivity index (χ2v) is 9.26. The summed E-state index contributed by atoms with van der Waals surface area (Å²) in [7, 11) is 0. The fourth-order valence-electron chi connectivity index (χ4n) is 3.77. The van der Waals surface area contributed by atoms with Gasteiger partial charge in [0, 0.05) is 10.0 Å². The van der Waals surface area contributed by atoms with E-state index in [-0.39, 0.29) is 16.3 Å². The molecule has 5 rings (SSSR count). The van der Waals surface area contributed by atoms with Gasteiger partial charge in [0.25, 0.3) is 5.78 Å². The van der Waals surface area contributed by atoms with Crippen LogP contribution in [-0.2, 0) is 9.59 Å². The van der Waals surface area contributed by atoms with Crippen LogP contribution < -0.4 is 4.90 Å². The van der Waals surface area contributed by atoms with Crippen molar-refractivity contribution in [3.63, 3.8) is 0 Å². The van der Waals surface area contributed by atoms with Gasteiger partial charge in [-0.15, -0.1) is 0 Å². The second-order valence-electron chi connectivity index (χ2n) is 7.34. The molecule has 4 aromatic rings. The highest BCUT2D eigenvalue weighted by molar-refractivity contribution is 9.10. The number of ketones is 1. The highest BCUT2D eigenvalue weighted by atomic mass is 79.9. The van der Waals surface area contributed by atoms with Gasteiger partial charge in [-0.2, -0.15) is 0 Å². The molecule has 3 aromatic carbocycles. The van der Waals surface area contributed by atoms with Crippen molar-refractivity contribution in [3.8, 4) is 0 Å². The van der Waals surface area contributed by atoms with E-state index in [0.717, 1.165) is 23.5 Å². The van der Waals surface area contributed by atoms with Crippen LogP contribution in [-0.4, -0.2) is 21.8 Å². The monoisotopic (exact) mass is 526 g/mol. The lowest BCUT2D eigenvalue weighted by molar-refractivity contribution is -0.132. The van der Waals surface area contributed by atoms with Gasteiger partial charge >= 0.3 is 5.91 Å². The second kappa shape index (κ2) is 8.17. The van der Waals surface area contributed by atoms with Gasteiger partial charge in [-0.1, -0.05) is 39.4 Å². The average molecular weight is 527 g/mol. The lowest BCUT2D eigenvalue weighted by Gasteiger charge is -2.23. The van der Waals surface area contributed by atoms with Gasteiger partial charge in [-0.25, -0.2) is 13.8 Å². The summed E-state index contributed by atoms with van der Waals surface area (Å²) in [5.74, 6) is -3.14. The molecule has 33 heavy (non-hydrogen) atoms. The highest BCUT2D eigenvalue weighted by Crippen LogP contribution is 2.44. The molecule has 0 radical (unpaired) electrons. The maximum absolute atomic E-state index is 13.7. The van der Waals surface area contributed by atoms with E-state index in [0.29, 0.717) is 20.3 Å². The number of carbonyl (C=O) groups excluding carboxylic acids is 2. The zero-order valence-corrected chi connectivity index (χ0v) is 19.0. The number of amides is 1. The molecular formula is C24H13BrF2N2O3S. The molecule has 1 aliphatic heterocycles. The Morgan fingerprint density at radius 3 is 2.45 bits per heavy atom. The average Bonchev–Trinajstić information content (AvgIpc) is 3.32. The number of aromatic nitrogens is 1. The molecule has 0 spiro atoms. The topological polar surface area (TPSA) is 70.5 Å². The van der Waals surface area contributed by atoms with Crippen molar-refractivity contribution in [2.75, 3.05) is 4.90 Å². The molecule has 9 heteroatoms. The minimum absolute atomic E-state index is 0.143. The Labute approximate surface area is 198 Å². The van der Waals surface area contributed by atoms with Gasteiger partial charge in [0.1, 0.15) is 17.4 Å². The molecule has 1 fully saturated rings. The van der Waals surface area contributed by atoms with Crippen molar-refractivity contribution in [2.24, 2.45) is 0 Å². The Hall–Kier alpha value is -3.43. The lowest BCUT2D eigenvalue weighted by atomic mass is 9.95. The predicted molar refractivity (Wildman–Crippen MR) is 125 cm³/mol. The van der Waals surface area contributed by atoms with Crippen LogP contribution in [0.4, 0.5) is 13.9 Å². The molecule has 1 saturated heterocycles. The molecule has 1 N–H and O–H groups in total. The first-order valence-corrected chi connectivity index (χ1v) is 11.3. The number of anilines is 1. The van der Waals surface area contributed by atoms with Gasteiger partial charge in [-0.05, 0) is 60.2 Å². The van der Waals surface area contributed by atoms with Gasteiger partial charge in [0.05, 0.1) is 21.8 Å². The summed E-state index contributed by atoms with van der Waals surface area (Å²) in [5.41, 5.74) is 1.08. The number of benzene rings is 3. The van der Waals surface area contributed by atoms with Crippen LogP contribution in [0.3, 0.4) is 0 Å². The number of fused-ring (bicyclic) bond motifs is 1. The van der Waals surface area contributed by atoms with E-state index in [4.69, 9.17) is 0 Å². The third-order valence-corrected chi connectivity index (χ3v) is 6.78. The number of Topliss-reactive ketones (excluding diaryl/α,β-unsaturated/α-hetero) is 1. The Balaban J connectivity index is 1.74. The van der Waals surface area contributed by atoms with Gasteiger partial charge in [-0.3, -0.25) is 14.5 Å². The zero-order chi connectivity index (χ0) is 23.3. The molecule has 1 aliphatic rings. The van der Waals surface area contributed by atoms with Gasteiger partial charge < -0.3 is 5.11 Å². The molecule has 1 amide bonds. The van der Waals surface area contributed by atoms with Crippen molar-refractivity contribution >= 4 is 60.1 Å². The molecule has 1 aromatic heterocycles. The van der Waals surface area contributed by atoms with Gasteiger partial charge in [0.15, 0.2) is 5.13 Å². The molecule has 0 bridgehead atoms. The SMILES string of the molecule is O=C1C(=O)N(c2nc3ccc(F)cc3s2)C(c2cccc(Br)c2)/C1=C(\O)c1ccc(F)cc1. The molecule has 0 aliphatic carbocycles. The van der Waals surface area contributed by atoms with Gasteiger partial charge in [0.2, 0.25) is 0 Å². The van der Waals surface area contributed by atoms with E-state index in [1.54, 1.807) is 24.3 Å². The number of hydrogen-bond donors (Lipinski definition) is 1. The summed E-state index contributed by atoms with van der Waals surface area (Å²) in [6.07, 6.45) is 0. The van der Waals surface area contributed by atoms with E-state index in [1.807, 2.05) is 0 Å². The summed E-state index contributed by atoms with van der Waals surface area (Å²) < 4.78 is 28.3. The molecule has 164 valence electrons. The maximum Gasteiger partial charge on any atom is 0.301 e. The Kier molecular flexibility index (Phi) is 5.30. The van der Waals surface area contributed by atoms with E-state index < -0.39 is 35.1 Å². The largest absolute Gasteiger partial charge is 0.507 e. The number of nitrogens with zero attached hydrogens (tertiary/aromatic N) is 2. The summed E-state index contributed by atoms with van der Waals surface area (Å²) >= 11 is 4.46. The predicted octanol–water partition coefficient (Wildman–Crippen LogP) is 5.96. The van der Waals surface area contributed by atoms with E-state index in [1.165, 1.54) is 35.2 Å². The smallest absolute Gasteiger partial charge is 0.301 e. The van der Waals surface area contributed by atoms with Crippen LogP contribution in [0.1, 0.15) is 17.2 Å². The highest BCUT2D eigenvalue weighted by Gasteiger charge is 2.48. The molecular weight excluding hydrogens is 514 g/mol. The minimum Gasteiger partial charge on any atom is -0.507 e. The number of carbonyl (C=O) groups is 2. The third-order valence-electron chi connectivity index (χ3n) is 5.27. The summed E-state index contributed by atoms with van der Waals surface area (Å²) in [6.45, 7) is 0. The summed E-state index contributed by atoms with van der Waals surface area (Å²) in [6, 6.07) is 15.0.